The van der Waals surface area contributed by atoms with Crippen LogP contribution in [0.3, 0.4) is 0 Å². The van der Waals surface area contributed by atoms with Gasteiger partial charge in [-0.3, -0.25) is 9.59 Å². The van der Waals surface area contributed by atoms with Gasteiger partial charge in [-0.1, -0.05) is 31.2 Å². The molecule has 28 heavy (non-hydrogen) atoms. The third-order valence-corrected chi connectivity index (χ3v) is 4.37. The maximum Gasteiger partial charge on any atom is 0.247 e. The number of hydrogen-bond acceptors (Lipinski definition) is 4. The first-order chi connectivity index (χ1) is 13.6. The smallest absolute Gasteiger partial charge is 0.247 e. The van der Waals surface area contributed by atoms with Gasteiger partial charge in [0, 0.05) is 18.3 Å². The fourth-order valence-electron chi connectivity index (χ4n) is 2.90. The van der Waals surface area contributed by atoms with E-state index in [-0.39, 0.29) is 25.2 Å². The van der Waals surface area contributed by atoms with Crippen molar-refractivity contribution >= 4 is 23.6 Å². The van der Waals surface area contributed by atoms with Gasteiger partial charge < -0.3 is 19.7 Å². The second-order valence-electron chi connectivity index (χ2n) is 6.57. The van der Waals surface area contributed by atoms with Crippen LogP contribution in [0.5, 0.6) is 11.5 Å². The molecule has 0 aliphatic carbocycles. The Kier molecular flexibility index (Phi) is 6.32. The molecule has 0 saturated carbocycles. The maximum absolute atomic E-state index is 12.6. The second-order valence-corrected chi connectivity index (χ2v) is 6.57. The predicted octanol–water partition coefficient (Wildman–Crippen LogP) is 3.61. The zero-order valence-electron chi connectivity index (χ0n) is 16.1. The molecule has 2 aromatic rings. The Morgan fingerprint density at radius 1 is 1.14 bits per heavy atom. The first kappa shape index (κ1) is 19.5. The lowest BCUT2D eigenvalue weighted by Gasteiger charge is -2.20. The molecule has 0 saturated heterocycles. The zero-order chi connectivity index (χ0) is 19.9. The molecule has 6 heteroatoms. The van der Waals surface area contributed by atoms with Crippen molar-refractivity contribution in [1.82, 2.24) is 4.90 Å². The minimum Gasteiger partial charge on any atom is -0.454 e. The average molecular weight is 380 g/mol. The van der Waals surface area contributed by atoms with Crippen molar-refractivity contribution in [2.24, 2.45) is 0 Å². The summed E-state index contributed by atoms with van der Waals surface area (Å²) in [6.07, 6.45) is 3.96. The molecule has 2 aromatic carbocycles. The highest BCUT2D eigenvalue weighted by Gasteiger charge is 2.16. The van der Waals surface area contributed by atoms with Crippen LogP contribution in [0.4, 0.5) is 5.69 Å². The highest BCUT2D eigenvalue weighted by atomic mass is 16.7. The molecule has 0 radical (unpaired) electrons. The van der Waals surface area contributed by atoms with Gasteiger partial charge in [0.15, 0.2) is 11.5 Å². The third kappa shape index (κ3) is 4.91. The number of amides is 2. The summed E-state index contributed by atoms with van der Waals surface area (Å²) in [7, 11) is 0. The first-order valence-electron chi connectivity index (χ1n) is 9.29. The summed E-state index contributed by atoms with van der Waals surface area (Å²) in [6, 6.07) is 13.0. The van der Waals surface area contributed by atoms with Crippen LogP contribution in [0.15, 0.2) is 48.5 Å². The molecule has 2 amide bonds. The van der Waals surface area contributed by atoms with Crippen LogP contribution < -0.4 is 14.8 Å². The number of fused-ring (bicyclic) bond motifs is 1. The lowest BCUT2D eigenvalue weighted by Crippen LogP contribution is -2.37. The van der Waals surface area contributed by atoms with E-state index in [2.05, 4.69) is 5.32 Å². The highest BCUT2D eigenvalue weighted by Crippen LogP contribution is 2.32. The molecular formula is C22H24N2O4. The van der Waals surface area contributed by atoms with E-state index >= 15 is 0 Å². The minimum atomic E-state index is -0.215. The predicted molar refractivity (Wildman–Crippen MR) is 108 cm³/mol. The number of ether oxygens (including phenoxy) is 2. The summed E-state index contributed by atoms with van der Waals surface area (Å²) in [6.45, 7) is 4.62. The van der Waals surface area contributed by atoms with E-state index in [1.54, 1.807) is 6.08 Å². The standard InChI is InChI=1S/C22H24N2O4/c1-3-12-24(14-21(25)23-18-7-5-4-6-16(18)2)22(26)11-9-17-8-10-19-20(13-17)28-15-27-19/h4-11,13H,3,12,14-15H2,1-2H3,(H,23,25)/b11-9+. The molecule has 1 aliphatic heterocycles. The van der Waals surface area contributed by atoms with Gasteiger partial charge >= 0.3 is 0 Å². The summed E-state index contributed by atoms with van der Waals surface area (Å²) >= 11 is 0. The van der Waals surface area contributed by atoms with E-state index in [0.29, 0.717) is 18.0 Å². The molecular weight excluding hydrogens is 356 g/mol. The maximum atomic E-state index is 12.6. The van der Waals surface area contributed by atoms with Crippen molar-refractivity contribution in [2.45, 2.75) is 20.3 Å². The van der Waals surface area contributed by atoms with Gasteiger partial charge in [-0.15, -0.1) is 0 Å². The van der Waals surface area contributed by atoms with Crippen molar-refractivity contribution in [3.05, 3.63) is 59.7 Å². The van der Waals surface area contributed by atoms with Gasteiger partial charge in [0.05, 0.1) is 0 Å². The molecule has 0 fully saturated rings. The number of aryl methyl sites for hydroxylation is 1. The normalized spacial score (nSPS) is 12.2. The number of anilines is 1. The van der Waals surface area contributed by atoms with Gasteiger partial charge in [-0.2, -0.15) is 0 Å². The number of benzene rings is 2. The molecule has 0 unspecified atom stereocenters. The summed E-state index contributed by atoms with van der Waals surface area (Å²) in [5, 5.41) is 2.87. The van der Waals surface area contributed by atoms with Gasteiger partial charge in [0.2, 0.25) is 18.6 Å². The largest absolute Gasteiger partial charge is 0.454 e. The highest BCUT2D eigenvalue weighted by molar-refractivity contribution is 5.98. The Morgan fingerprint density at radius 2 is 1.93 bits per heavy atom. The van der Waals surface area contributed by atoms with E-state index in [4.69, 9.17) is 9.47 Å². The van der Waals surface area contributed by atoms with Crippen molar-refractivity contribution in [1.29, 1.82) is 0 Å². The van der Waals surface area contributed by atoms with Crippen LogP contribution in [0.2, 0.25) is 0 Å². The van der Waals surface area contributed by atoms with Crippen molar-refractivity contribution in [2.75, 3.05) is 25.2 Å². The first-order valence-corrected chi connectivity index (χ1v) is 9.29. The molecule has 0 spiro atoms. The summed E-state index contributed by atoms with van der Waals surface area (Å²) in [4.78, 5) is 26.5. The van der Waals surface area contributed by atoms with E-state index in [1.165, 1.54) is 11.0 Å². The fraction of sp³-hybridized carbons (Fsp3) is 0.273. The minimum absolute atomic E-state index is 0.00644. The molecule has 1 aliphatic rings. The van der Waals surface area contributed by atoms with Gasteiger partial charge in [-0.05, 0) is 48.7 Å². The van der Waals surface area contributed by atoms with Gasteiger partial charge in [-0.25, -0.2) is 0 Å². The van der Waals surface area contributed by atoms with Gasteiger partial charge in [0.1, 0.15) is 6.54 Å². The third-order valence-electron chi connectivity index (χ3n) is 4.37. The molecule has 6 nitrogen and oxygen atoms in total. The van der Waals surface area contributed by atoms with Crippen LogP contribution in [0.25, 0.3) is 6.08 Å². The number of rotatable bonds is 7. The summed E-state index contributed by atoms with van der Waals surface area (Å²) in [5.41, 5.74) is 2.57. The van der Waals surface area contributed by atoms with E-state index < -0.39 is 0 Å². The number of para-hydroxylation sites is 1. The van der Waals surface area contributed by atoms with Crippen LogP contribution >= 0.6 is 0 Å². The quantitative estimate of drug-likeness (QED) is 0.745. The molecule has 1 heterocycles. The summed E-state index contributed by atoms with van der Waals surface area (Å²) < 4.78 is 10.6. The Hall–Kier alpha value is -3.28. The number of carbonyl (C=O) groups excluding carboxylic acids is 2. The van der Waals surface area contributed by atoms with E-state index in [0.717, 1.165) is 23.2 Å². The lowest BCUT2D eigenvalue weighted by atomic mass is 10.2. The second kappa shape index (κ2) is 9.08. The Labute approximate surface area is 164 Å². The van der Waals surface area contributed by atoms with Crippen molar-refractivity contribution in [3.8, 4) is 11.5 Å². The number of hydrogen-bond donors (Lipinski definition) is 1. The van der Waals surface area contributed by atoms with E-state index in [9.17, 15) is 9.59 Å². The Balaban J connectivity index is 1.63. The van der Waals surface area contributed by atoms with Crippen molar-refractivity contribution in [3.63, 3.8) is 0 Å². The number of nitrogens with one attached hydrogen (secondary N) is 1. The SMILES string of the molecule is CCCN(CC(=O)Nc1ccccc1C)C(=O)/C=C/c1ccc2c(c1)OCO2. The molecule has 0 atom stereocenters. The van der Waals surface area contributed by atoms with Crippen LogP contribution in [-0.2, 0) is 9.59 Å². The van der Waals surface area contributed by atoms with Crippen LogP contribution in [-0.4, -0.2) is 36.6 Å². The molecule has 0 aromatic heterocycles. The van der Waals surface area contributed by atoms with Gasteiger partial charge in [0.25, 0.3) is 0 Å². The average Bonchev–Trinajstić information content (AvgIpc) is 3.15. The topological polar surface area (TPSA) is 67.9 Å². The molecule has 146 valence electrons. The monoisotopic (exact) mass is 380 g/mol. The molecule has 1 N–H and O–H groups in total. The van der Waals surface area contributed by atoms with E-state index in [1.807, 2.05) is 56.3 Å². The molecule has 0 bridgehead atoms. The van der Waals surface area contributed by atoms with Crippen molar-refractivity contribution < 1.29 is 19.1 Å². The lowest BCUT2D eigenvalue weighted by molar-refractivity contribution is -0.130. The van der Waals surface area contributed by atoms with Crippen LogP contribution in [0.1, 0.15) is 24.5 Å². The number of nitrogens with zero attached hydrogens (tertiary/aromatic N) is 1. The Morgan fingerprint density at radius 3 is 2.71 bits per heavy atom. The fourth-order valence-corrected chi connectivity index (χ4v) is 2.90. The zero-order valence-corrected chi connectivity index (χ0v) is 16.1. The Bertz CT molecular complexity index is 892. The summed E-state index contributed by atoms with van der Waals surface area (Å²) in [5.74, 6) is 0.939. The number of carbonyl (C=O) groups is 2. The van der Waals surface area contributed by atoms with Crippen LogP contribution in [0, 0.1) is 6.92 Å². The molecule has 3 rings (SSSR count).